The number of aromatic nitrogens is 5. The molecular formula is C34H37ClN8O2. The molecule has 1 aliphatic rings. The monoisotopic (exact) mass is 624 g/mol. The smallest absolute Gasteiger partial charge is 0.259 e. The highest BCUT2D eigenvalue weighted by atomic mass is 35.5. The van der Waals surface area contributed by atoms with Gasteiger partial charge in [0.1, 0.15) is 11.5 Å². The van der Waals surface area contributed by atoms with E-state index in [0.717, 1.165) is 18.8 Å². The molecule has 1 aliphatic heterocycles. The Morgan fingerprint density at radius 1 is 0.933 bits per heavy atom. The van der Waals surface area contributed by atoms with Gasteiger partial charge in [0.25, 0.3) is 5.56 Å². The molecule has 0 spiro atoms. The number of likely N-dealkylation sites (tertiary alicyclic amines) is 1. The van der Waals surface area contributed by atoms with Gasteiger partial charge in [-0.05, 0) is 86.9 Å². The van der Waals surface area contributed by atoms with Crippen LogP contribution in [-0.4, -0.2) is 55.4 Å². The van der Waals surface area contributed by atoms with Crippen molar-refractivity contribution in [3.8, 4) is 22.5 Å². The van der Waals surface area contributed by atoms with Crippen LogP contribution in [0.25, 0.3) is 33.5 Å². The number of pyridine rings is 1. The third-order valence-electron chi connectivity index (χ3n) is 7.78. The van der Waals surface area contributed by atoms with E-state index in [9.17, 15) is 9.59 Å². The van der Waals surface area contributed by atoms with E-state index < -0.39 is 0 Å². The zero-order valence-electron chi connectivity index (χ0n) is 26.1. The maximum absolute atomic E-state index is 13.6. The summed E-state index contributed by atoms with van der Waals surface area (Å²) in [6.07, 6.45) is 5.59. The van der Waals surface area contributed by atoms with Crippen LogP contribution in [0.15, 0.2) is 71.8 Å². The summed E-state index contributed by atoms with van der Waals surface area (Å²) >= 11 is 6.59. The van der Waals surface area contributed by atoms with E-state index in [-0.39, 0.29) is 11.5 Å². The number of halogens is 1. The van der Waals surface area contributed by atoms with Gasteiger partial charge in [0.2, 0.25) is 11.9 Å². The second-order valence-electron chi connectivity index (χ2n) is 10.9. The van der Waals surface area contributed by atoms with Crippen molar-refractivity contribution in [1.82, 2.24) is 29.4 Å². The van der Waals surface area contributed by atoms with E-state index in [1.807, 2.05) is 26.0 Å². The Hall–Kier alpha value is -4.67. The van der Waals surface area contributed by atoms with Crippen LogP contribution in [-0.2, 0) is 11.8 Å². The van der Waals surface area contributed by atoms with Gasteiger partial charge < -0.3 is 15.5 Å². The second kappa shape index (κ2) is 14.0. The maximum Gasteiger partial charge on any atom is 0.259 e. The van der Waals surface area contributed by atoms with Crippen molar-refractivity contribution < 1.29 is 4.79 Å². The normalized spacial score (nSPS) is 13.6. The lowest BCUT2D eigenvalue weighted by Crippen LogP contribution is -2.29. The van der Waals surface area contributed by atoms with Gasteiger partial charge in [0.05, 0.1) is 0 Å². The van der Waals surface area contributed by atoms with Gasteiger partial charge in [0.15, 0.2) is 5.82 Å². The van der Waals surface area contributed by atoms with Gasteiger partial charge in [0, 0.05) is 59.2 Å². The minimum absolute atomic E-state index is 0.234. The summed E-state index contributed by atoms with van der Waals surface area (Å²) in [4.78, 5) is 45.3. The molecule has 0 bridgehead atoms. The molecule has 4 heterocycles. The van der Waals surface area contributed by atoms with Crippen LogP contribution in [0.4, 0.5) is 17.5 Å². The van der Waals surface area contributed by atoms with Crippen LogP contribution in [0.3, 0.4) is 0 Å². The summed E-state index contributed by atoms with van der Waals surface area (Å²) in [6, 6.07) is 17.0. The quantitative estimate of drug-likeness (QED) is 0.216. The minimum Gasteiger partial charge on any atom is -0.324 e. The molecule has 0 atom stereocenters. The van der Waals surface area contributed by atoms with Gasteiger partial charge in [-0.2, -0.15) is 4.98 Å². The van der Waals surface area contributed by atoms with Gasteiger partial charge in [-0.3, -0.25) is 14.2 Å². The third kappa shape index (κ3) is 7.19. The second-order valence-corrected chi connectivity index (χ2v) is 11.3. The number of amides is 1. The Balaban J connectivity index is 0.00000196. The standard InChI is InChI=1S/C32H31ClN8O2.C2H6/c1-19(42)36-28-10-13-34-29(38-28)22-6-9-27(33)25(16-22)26-17-23-18-35-32(39-30(23)41(3)31(26)43)37-24-7-4-20(5-8-24)21-11-14-40(2)15-12-21;1-2/h4-10,13,16-18,21H,11-12,14-15H2,1-3H3,(H,35,37,39)(H,34,36,38,42);1-2H3. The van der Waals surface area contributed by atoms with E-state index in [1.54, 1.807) is 49.8 Å². The van der Waals surface area contributed by atoms with Gasteiger partial charge in [-0.1, -0.05) is 37.6 Å². The number of anilines is 3. The number of carbonyl (C=O) groups excluding carboxylic acids is 1. The van der Waals surface area contributed by atoms with E-state index in [4.69, 9.17) is 11.6 Å². The maximum atomic E-state index is 13.6. The topological polar surface area (TPSA) is 118 Å². The molecule has 2 aromatic carbocycles. The average Bonchev–Trinajstić information content (AvgIpc) is 3.05. The Kier molecular flexibility index (Phi) is 9.85. The number of rotatable bonds is 6. The zero-order chi connectivity index (χ0) is 32.1. The molecular weight excluding hydrogens is 588 g/mol. The first-order valence-electron chi connectivity index (χ1n) is 15.1. The number of piperidine rings is 1. The van der Waals surface area contributed by atoms with Crippen molar-refractivity contribution in [1.29, 1.82) is 0 Å². The van der Waals surface area contributed by atoms with Crippen molar-refractivity contribution in [3.63, 3.8) is 0 Å². The fraction of sp³-hybridized carbons (Fsp3) is 0.294. The summed E-state index contributed by atoms with van der Waals surface area (Å²) in [7, 11) is 3.85. The van der Waals surface area contributed by atoms with Gasteiger partial charge in [-0.25, -0.2) is 15.0 Å². The number of hydrogen-bond acceptors (Lipinski definition) is 8. The SMILES string of the molecule is CC.CC(=O)Nc1ccnc(-c2ccc(Cl)c(-c3cc4cnc(Nc5ccc(C6CCN(C)CC6)cc5)nc4n(C)c3=O)c2)n1. The van der Waals surface area contributed by atoms with E-state index in [2.05, 4.69) is 54.6 Å². The molecule has 6 rings (SSSR count). The largest absolute Gasteiger partial charge is 0.324 e. The summed E-state index contributed by atoms with van der Waals surface area (Å²) < 4.78 is 1.50. The van der Waals surface area contributed by atoms with E-state index >= 15 is 0 Å². The number of aryl methyl sites for hydroxylation is 1. The molecule has 1 amide bonds. The minimum atomic E-state index is -0.258. The first kappa shape index (κ1) is 31.7. The fourth-order valence-corrected chi connectivity index (χ4v) is 5.65. The van der Waals surface area contributed by atoms with Crippen molar-refractivity contribution >= 4 is 46.0 Å². The summed E-state index contributed by atoms with van der Waals surface area (Å²) in [5, 5.41) is 7.02. The molecule has 1 fully saturated rings. The number of carbonyl (C=O) groups is 1. The lowest BCUT2D eigenvalue weighted by molar-refractivity contribution is -0.114. The molecule has 0 unspecified atom stereocenters. The van der Waals surface area contributed by atoms with Gasteiger partial charge in [-0.15, -0.1) is 0 Å². The lowest BCUT2D eigenvalue weighted by atomic mass is 9.89. The Bertz CT molecular complexity index is 1880. The molecule has 2 N–H and O–H groups in total. The van der Waals surface area contributed by atoms with Crippen LogP contribution >= 0.6 is 11.6 Å². The van der Waals surface area contributed by atoms with Gasteiger partial charge >= 0.3 is 0 Å². The third-order valence-corrected chi connectivity index (χ3v) is 8.11. The zero-order valence-corrected chi connectivity index (χ0v) is 26.9. The van der Waals surface area contributed by atoms with Crippen molar-refractivity contribution in [3.05, 3.63) is 87.9 Å². The fourth-order valence-electron chi connectivity index (χ4n) is 5.43. The van der Waals surface area contributed by atoms with Crippen molar-refractivity contribution in [2.75, 3.05) is 30.8 Å². The molecule has 45 heavy (non-hydrogen) atoms. The van der Waals surface area contributed by atoms with Crippen molar-refractivity contribution in [2.24, 2.45) is 7.05 Å². The molecule has 0 radical (unpaired) electrons. The average molecular weight is 625 g/mol. The molecule has 11 heteroatoms. The Morgan fingerprint density at radius 3 is 2.38 bits per heavy atom. The highest BCUT2D eigenvalue weighted by molar-refractivity contribution is 6.33. The molecule has 10 nitrogen and oxygen atoms in total. The van der Waals surface area contributed by atoms with Crippen LogP contribution in [0, 0.1) is 0 Å². The van der Waals surface area contributed by atoms with E-state index in [0.29, 0.717) is 56.3 Å². The first-order valence-corrected chi connectivity index (χ1v) is 15.5. The molecule has 3 aromatic heterocycles. The van der Waals surface area contributed by atoms with Crippen LogP contribution in [0.2, 0.25) is 5.02 Å². The molecule has 0 aliphatic carbocycles. The Labute approximate surface area is 267 Å². The molecule has 5 aromatic rings. The molecule has 232 valence electrons. The number of nitrogens with zero attached hydrogens (tertiary/aromatic N) is 6. The molecule has 1 saturated heterocycles. The summed E-state index contributed by atoms with van der Waals surface area (Å²) in [6.45, 7) is 7.65. The first-order chi connectivity index (χ1) is 21.7. The van der Waals surface area contributed by atoms with Crippen LogP contribution < -0.4 is 16.2 Å². The highest BCUT2D eigenvalue weighted by Crippen LogP contribution is 2.32. The Morgan fingerprint density at radius 2 is 1.67 bits per heavy atom. The predicted octanol–water partition coefficient (Wildman–Crippen LogP) is 6.64. The van der Waals surface area contributed by atoms with Crippen LogP contribution in [0.1, 0.15) is 45.1 Å². The lowest BCUT2D eigenvalue weighted by Gasteiger charge is -2.29. The highest BCUT2D eigenvalue weighted by Gasteiger charge is 2.19. The van der Waals surface area contributed by atoms with Crippen molar-refractivity contribution in [2.45, 2.75) is 39.5 Å². The molecule has 0 saturated carbocycles. The van der Waals surface area contributed by atoms with Crippen LogP contribution in [0.5, 0.6) is 0 Å². The predicted molar refractivity (Wildman–Crippen MR) is 181 cm³/mol. The summed E-state index contributed by atoms with van der Waals surface area (Å²) in [5.41, 5.74) is 4.04. The number of hydrogen-bond donors (Lipinski definition) is 2. The number of fused-ring (bicyclic) bond motifs is 1. The summed E-state index contributed by atoms with van der Waals surface area (Å²) in [5.74, 6) is 1.52. The number of benzene rings is 2. The van der Waals surface area contributed by atoms with E-state index in [1.165, 1.54) is 29.9 Å². The number of nitrogens with one attached hydrogen (secondary N) is 2.